The molecule has 0 spiro atoms. The molecular formula is C25H24ClN3. The first-order valence-electron chi connectivity index (χ1n) is 10.3. The lowest BCUT2D eigenvalue weighted by Crippen LogP contribution is -2.41. The van der Waals surface area contributed by atoms with Crippen LogP contribution in [0.2, 0.25) is 5.02 Å². The summed E-state index contributed by atoms with van der Waals surface area (Å²) in [4.78, 5) is 2.49. The Balaban J connectivity index is 1.42. The Labute approximate surface area is 176 Å². The summed E-state index contributed by atoms with van der Waals surface area (Å²) >= 11 is 6.03. The van der Waals surface area contributed by atoms with Gasteiger partial charge < -0.3 is 4.90 Å². The van der Waals surface area contributed by atoms with E-state index in [4.69, 9.17) is 11.6 Å². The van der Waals surface area contributed by atoms with Gasteiger partial charge in [0, 0.05) is 23.7 Å². The number of hydrogen-bond donors (Lipinski definition) is 1. The summed E-state index contributed by atoms with van der Waals surface area (Å²) in [7, 11) is 0. The van der Waals surface area contributed by atoms with Gasteiger partial charge in [-0.1, -0.05) is 66.2 Å². The molecule has 1 fully saturated rings. The van der Waals surface area contributed by atoms with E-state index < -0.39 is 0 Å². The molecule has 0 bridgehead atoms. The first kappa shape index (κ1) is 18.3. The number of fused-ring (bicyclic) bond motifs is 1. The second-order valence-electron chi connectivity index (χ2n) is 7.83. The zero-order valence-corrected chi connectivity index (χ0v) is 17.1. The second-order valence-corrected chi connectivity index (χ2v) is 8.27. The summed E-state index contributed by atoms with van der Waals surface area (Å²) in [6.07, 6.45) is 4.74. The van der Waals surface area contributed by atoms with Gasteiger partial charge >= 0.3 is 0 Å². The molecule has 0 radical (unpaired) electrons. The predicted octanol–water partition coefficient (Wildman–Crippen LogP) is 6.48. The maximum atomic E-state index is 6.03. The lowest BCUT2D eigenvalue weighted by atomic mass is 9.93. The van der Waals surface area contributed by atoms with Crippen LogP contribution in [0.15, 0.2) is 72.8 Å². The lowest BCUT2D eigenvalue weighted by Gasteiger charge is -2.36. The maximum absolute atomic E-state index is 6.03. The van der Waals surface area contributed by atoms with Crippen molar-refractivity contribution in [1.29, 1.82) is 0 Å². The number of halogens is 1. The summed E-state index contributed by atoms with van der Waals surface area (Å²) in [6.45, 7) is 1.06. The van der Waals surface area contributed by atoms with E-state index >= 15 is 0 Å². The first-order valence-corrected chi connectivity index (χ1v) is 10.7. The van der Waals surface area contributed by atoms with Crippen molar-refractivity contribution >= 4 is 28.2 Å². The number of nitrogens with one attached hydrogen (secondary N) is 1. The minimum atomic E-state index is 0.468. The fraction of sp³-hybridized carbons (Fsp3) is 0.240. The van der Waals surface area contributed by atoms with E-state index in [0.29, 0.717) is 6.04 Å². The van der Waals surface area contributed by atoms with Crippen molar-refractivity contribution in [3.63, 3.8) is 0 Å². The summed E-state index contributed by atoms with van der Waals surface area (Å²) in [6, 6.07) is 25.9. The minimum absolute atomic E-state index is 0.468. The van der Waals surface area contributed by atoms with Gasteiger partial charge in [0.2, 0.25) is 0 Å². The molecule has 0 saturated carbocycles. The Bertz CT molecular complexity index is 1110. The Morgan fingerprint density at radius 1 is 0.966 bits per heavy atom. The third kappa shape index (κ3) is 3.75. The highest BCUT2D eigenvalue weighted by Crippen LogP contribution is 2.30. The van der Waals surface area contributed by atoms with Crippen molar-refractivity contribution in [3.05, 3.63) is 83.4 Å². The average molecular weight is 402 g/mol. The Hall–Kier alpha value is -2.78. The molecule has 1 aliphatic rings. The molecule has 29 heavy (non-hydrogen) atoms. The molecule has 1 atom stereocenters. The van der Waals surface area contributed by atoms with Gasteiger partial charge in [-0.2, -0.15) is 5.10 Å². The third-order valence-corrected chi connectivity index (χ3v) is 6.23. The molecule has 1 N–H and O–H groups in total. The number of aromatic nitrogens is 2. The number of nitrogens with zero attached hydrogens (tertiary/aromatic N) is 2. The van der Waals surface area contributed by atoms with E-state index in [-0.39, 0.29) is 0 Å². The quantitative estimate of drug-likeness (QED) is 0.424. The van der Waals surface area contributed by atoms with Crippen LogP contribution >= 0.6 is 11.6 Å². The van der Waals surface area contributed by atoms with Crippen LogP contribution < -0.4 is 4.90 Å². The molecule has 2 heterocycles. The number of benzene rings is 3. The second kappa shape index (κ2) is 7.92. The van der Waals surface area contributed by atoms with Crippen LogP contribution in [-0.2, 0) is 6.42 Å². The molecule has 3 nitrogen and oxygen atoms in total. The van der Waals surface area contributed by atoms with Crippen LogP contribution in [0.25, 0.3) is 22.0 Å². The average Bonchev–Trinajstić information content (AvgIpc) is 3.25. The fourth-order valence-corrected chi connectivity index (χ4v) is 4.60. The molecule has 4 aromatic rings. The highest BCUT2D eigenvalue weighted by Gasteiger charge is 2.25. The number of anilines is 1. The van der Waals surface area contributed by atoms with Crippen molar-refractivity contribution in [2.45, 2.75) is 31.7 Å². The van der Waals surface area contributed by atoms with Crippen molar-refractivity contribution in [3.8, 4) is 11.3 Å². The predicted molar refractivity (Wildman–Crippen MR) is 122 cm³/mol. The SMILES string of the molecule is Clc1ccc(-c2cc(N3CCCCC3Cc3cccc4ccccc34)n[nH]2)cc1. The van der Waals surface area contributed by atoms with Crippen molar-refractivity contribution in [2.75, 3.05) is 11.4 Å². The van der Waals surface area contributed by atoms with E-state index in [1.807, 2.05) is 24.3 Å². The molecule has 5 rings (SSSR count). The van der Waals surface area contributed by atoms with E-state index in [9.17, 15) is 0 Å². The zero-order chi connectivity index (χ0) is 19.6. The minimum Gasteiger partial charge on any atom is -0.352 e. The normalized spacial score (nSPS) is 17.0. The van der Waals surface area contributed by atoms with Gasteiger partial charge in [-0.3, -0.25) is 5.10 Å². The molecule has 0 aliphatic carbocycles. The summed E-state index contributed by atoms with van der Waals surface area (Å²) in [5.41, 5.74) is 3.57. The van der Waals surface area contributed by atoms with Gasteiger partial charge in [0.05, 0.1) is 5.69 Å². The van der Waals surface area contributed by atoms with Gasteiger partial charge in [-0.15, -0.1) is 0 Å². The van der Waals surface area contributed by atoms with E-state index in [2.05, 4.69) is 63.6 Å². The summed E-state index contributed by atoms with van der Waals surface area (Å²) < 4.78 is 0. The van der Waals surface area contributed by atoms with Crippen LogP contribution in [0.3, 0.4) is 0 Å². The highest BCUT2D eigenvalue weighted by molar-refractivity contribution is 6.30. The highest BCUT2D eigenvalue weighted by atomic mass is 35.5. The fourth-order valence-electron chi connectivity index (χ4n) is 4.47. The van der Waals surface area contributed by atoms with E-state index in [1.54, 1.807) is 0 Å². The van der Waals surface area contributed by atoms with E-state index in [1.165, 1.54) is 35.6 Å². The maximum Gasteiger partial charge on any atom is 0.151 e. The smallest absolute Gasteiger partial charge is 0.151 e. The molecule has 1 unspecified atom stereocenters. The third-order valence-electron chi connectivity index (χ3n) is 5.98. The Morgan fingerprint density at radius 2 is 1.79 bits per heavy atom. The number of piperidine rings is 1. The first-order chi connectivity index (χ1) is 14.3. The largest absolute Gasteiger partial charge is 0.352 e. The van der Waals surface area contributed by atoms with Gasteiger partial charge in [0.15, 0.2) is 5.82 Å². The molecule has 146 valence electrons. The molecular weight excluding hydrogens is 378 g/mol. The Kier molecular flexibility index (Phi) is 4.99. The number of rotatable bonds is 4. The van der Waals surface area contributed by atoms with Crippen molar-refractivity contribution < 1.29 is 0 Å². The van der Waals surface area contributed by atoms with Crippen LogP contribution in [0.4, 0.5) is 5.82 Å². The van der Waals surface area contributed by atoms with Gasteiger partial charge in [-0.25, -0.2) is 0 Å². The van der Waals surface area contributed by atoms with E-state index in [0.717, 1.165) is 35.1 Å². The molecule has 4 heteroatoms. The Morgan fingerprint density at radius 3 is 2.69 bits per heavy atom. The molecule has 0 amide bonds. The molecule has 1 aliphatic heterocycles. The van der Waals surface area contributed by atoms with Gasteiger partial charge in [-0.05, 0) is 59.7 Å². The van der Waals surface area contributed by atoms with Gasteiger partial charge in [0.1, 0.15) is 0 Å². The molecule has 1 aromatic heterocycles. The number of hydrogen-bond acceptors (Lipinski definition) is 2. The number of H-pyrrole nitrogens is 1. The van der Waals surface area contributed by atoms with Crippen LogP contribution in [-0.4, -0.2) is 22.8 Å². The lowest BCUT2D eigenvalue weighted by molar-refractivity contribution is 0.454. The zero-order valence-electron chi connectivity index (χ0n) is 16.3. The van der Waals surface area contributed by atoms with Crippen molar-refractivity contribution in [2.24, 2.45) is 0 Å². The van der Waals surface area contributed by atoms with Gasteiger partial charge in [0.25, 0.3) is 0 Å². The molecule has 1 saturated heterocycles. The molecule has 3 aromatic carbocycles. The number of aromatic amines is 1. The van der Waals surface area contributed by atoms with Crippen LogP contribution in [0.5, 0.6) is 0 Å². The summed E-state index contributed by atoms with van der Waals surface area (Å²) in [5, 5.41) is 11.3. The summed E-state index contributed by atoms with van der Waals surface area (Å²) in [5.74, 6) is 1.04. The van der Waals surface area contributed by atoms with Crippen LogP contribution in [0.1, 0.15) is 24.8 Å². The topological polar surface area (TPSA) is 31.9 Å². The standard InChI is InChI=1S/C25H24ClN3/c26-21-13-11-19(12-14-21)24-17-25(28-27-24)29-15-4-3-9-22(29)16-20-8-5-7-18-6-1-2-10-23(18)20/h1-2,5-8,10-14,17,22H,3-4,9,15-16H2,(H,27,28). The van der Waals surface area contributed by atoms with Crippen LogP contribution in [0, 0.1) is 0 Å². The monoisotopic (exact) mass is 401 g/mol. The van der Waals surface area contributed by atoms with Crippen molar-refractivity contribution in [1.82, 2.24) is 10.2 Å².